The van der Waals surface area contributed by atoms with Crippen molar-refractivity contribution >= 4 is 0 Å². The molecule has 17 heavy (non-hydrogen) atoms. The summed E-state index contributed by atoms with van der Waals surface area (Å²) < 4.78 is 0. The highest BCUT2D eigenvalue weighted by Gasteiger charge is 2.12. The maximum absolute atomic E-state index is 6.27. The van der Waals surface area contributed by atoms with Gasteiger partial charge in [0.25, 0.3) is 0 Å². The number of pyridine rings is 1. The topological polar surface area (TPSA) is 38.9 Å². The second kappa shape index (κ2) is 4.68. The molecule has 1 unspecified atom stereocenters. The molecule has 1 atom stereocenters. The first kappa shape index (κ1) is 11.8. The number of aryl methyl sites for hydroxylation is 3. The van der Waals surface area contributed by atoms with E-state index in [1.54, 1.807) is 0 Å². The van der Waals surface area contributed by atoms with Gasteiger partial charge in [-0.2, -0.15) is 0 Å². The molecule has 1 heterocycles. The summed E-state index contributed by atoms with van der Waals surface area (Å²) in [6, 6.07) is 12.2. The van der Waals surface area contributed by atoms with Crippen molar-refractivity contribution in [3.05, 3.63) is 64.5 Å². The van der Waals surface area contributed by atoms with Crippen LogP contribution in [0.1, 0.15) is 34.1 Å². The Kier molecular flexibility index (Phi) is 3.25. The van der Waals surface area contributed by atoms with Crippen LogP contribution in [0.5, 0.6) is 0 Å². The fourth-order valence-electron chi connectivity index (χ4n) is 2.07. The van der Waals surface area contributed by atoms with E-state index in [1.807, 2.05) is 25.1 Å². The fourth-order valence-corrected chi connectivity index (χ4v) is 2.07. The number of hydrogen-bond acceptors (Lipinski definition) is 2. The number of nitrogens with zero attached hydrogens (tertiary/aromatic N) is 1. The van der Waals surface area contributed by atoms with E-state index in [0.29, 0.717) is 0 Å². The molecule has 0 bridgehead atoms. The van der Waals surface area contributed by atoms with E-state index in [4.69, 9.17) is 5.73 Å². The van der Waals surface area contributed by atoms with Crippen molar-refractivity contribution in [1.29, 1.82) is 0 Å². The first-order chi connectivity index (χ1) is 8.08. The van der Waals surface area contributed by atoms with Crippen LogP contribution in [-0.4, -0.2) is 4.98 Å². The molecule has 2 aromatic rings. The molecule has 1 aromatic carbocycles. The highest BCUT2D eigenvalue weighted by molar-refractivity contribution is 5.36. The zero-order valence-corrected chi connectivity index (χ0v) is 10.6. The zero-order valence-electron chi connectivity index (χ0n) is 10.6. The smallest absolute Gasteiger partial charge is 0.0729 e. The van der Waals surface area contributed by atoms with Gasteiger partial charge in [0.1, 0.15) is 0 Å². The summed E-state index contributed by atoms with van der Waals surface area (Å²) in [7, 11) is 0. The van der Waals surface area contributed by atoms with Gasteiger partial charge in [-0.1, -0.05) is 29.8 Å². The van der Waals surface area contributed by atoms with Crippen molar-refractivity contribution in [2.24, 2.45) is 5.73 Å². The first-order valence-corrected chi connectivity index (χ1v) is 5.84. The molecule has 0 saturated heterocycles. The minimum absolute atomic E-state index is 0.143. The molecule has 0 radical (unpaired) electrons. The standard InChI is InChI=1S/C15H18N2/c1-10-7-8-13(11(2)9-10)15(16)14-6-4-5-12(3)17-14/h4-9,15H,16H2,1-3H3. The molecule has 0 aliphatic heterocycles. The van der Waals surface area contributed by atoms with Gasteiger partial charge in [0, 0.05) is 5.69 Å². The quantitative estimate of drug-likeness (QED) is 0.854. The van der Waals surface area contributed by atoms with Crippen molar-refractivity contribution in [3.63, 3.8) is 0 Å². The van der Waals surface area contributed by atoms with E-state index < -0.39 is 0 Å². The lowest BCUT2D eigenvalue weighted by atomic mass is 9.97. The Labute approximate surface area is 103 Å². The predicted molar refractivity (Wildman–Crippen MR) is 70.9 cm³/mol. The minimum Gasteiger partial charge on any atom is -0.319 e. The molecule has 1 aromatic heterocycles. The molecule has 2 N–H and O–H groups in total. The lowest BCUT2D eigenvalue weighted by Gasteiger charge is -2.15. The molecular weight excluding hydrogens is 208 g/mol. The Morgan fingerprint density at radius 2 is 1.82 bits per heavy atom. The number of hydrogen-bond donors (Lipinski definition) is 1. The van der Waals surface area contributed by atoms with Crippen LogP contribution in [0.2, 0.25) is 0 Å². The second-order valence-corrected chi connectivity index (χ2v) is 4.54. The van der Waals surface area contributed by atoms with Gasteiger partial charge in [-0.25, -0.2) is 0 Å². The van der Waals surface area contributed by atoms with E-state index in [0.717, 1.165) is 17.0 Å². The lowest BCUT2D eigenvalue weighted by molar-refractivity contribution is 0.814. The number of rotatable bonds is 2. The number of nitrogens with two attached hydrogens (primary N) is 1. The van der Waals surface area contributed by atoms with E-state index in [2.05, 4.69) is 37.0 Å². The van der Waals surface area contributed by atoms with Crippen LogP contribution in [0, 0.1) is 20.8 Å². The van der Waals surface area contributed by atoms with Crippen LogP contribution in [0.25, 0.3) is 0 Å². The van der Waals surface area contributed by atoms with E-state index in [-0.39, 0.29) is 6.04 Å². The van der Waals surface area contributed by atoms with Crippen LogP contribution < -0.4 is 5.73 Å². The van der Waals surface area contributed by atoms with Gasteiger partial charge in [0.05, 0.1) is 11.7 Å². The third kappa shape index (κ3) is 2.53. The molecule has 2 rings (SSSR count). The van der Waals surface area contributed by atoms with Crippen LogP contribution in [0.3, 0.4) is 0 Å². The van der Waals surface area contributed by atoms with Crippen molar-refractivity contribution in [1.82, 2.24) is 4.98 Å². The molecule has 0 aliphatic rings. The molecule has 2 nitrogen and oxygen atoms in total. The SMILES string of the molecule is Cc1ccc(C(N)c2cccc(C)n2)c(C)c1. The molecule has 0 spiro atoms. The Bertz CT molecular complexity index is 532. The highest BCUT2D eigenvalue weighted by Crippen LogP contribution is 2.22. The van der Waals surface area contributed by atoms with Crippen molar-refractivity contribution in [2.45, 2.75) is 26.8 Å². The third-order valence-electron chi connectivity index (χ3n) is 2.99. The van der Waals surface area contributed by atoms with E-state index >= 15 is 0 Å². The van der Waals surface area contributed by atoms with Crippen LogP contribution in [-0.2, 0) is 0 Å². The zero-order chi connectivity index (χ0) is 12.4. The summed E-state index contributed by atoms with van der Waals surface area (Å²) in [6.07, 6.45) is 0. The number of benzene rings is 1. The van der Waals surface area contributed by atoms with Gasteiger partial charge in [-0.3, -0.25) is 4.98 Å². The Hall–Kier alpha value is -1.67. The van der Waals surface area contributed by atoms with Gasteiger partial charge in [-0.05, 0) is 44.0 Å². The normalized spacial score (nSPS) is 12.5. The van der Waals surface area contributed by atoms with Crippen LogP contribution >= 0.6 is 0 Å². The summed E-state index contributed by atoms with van der Waals surface area (Å²) >= 11 is 0. The maximum Gasteiger partial charge on any atom is 0.0729 e. The average Bonchev–Trinajstić information content (AvgIpc) is 2.28. The molecular formula is C15H18N2. The minimum atomic E-state index is -0.143. The third-order valence-corrected chi connectivity index (χ3v) is 2.99. The Morgan fingerprint density at radius 3 is 2.47 bits per heavy atom. The second-order valence-electron chi connectivity index (χ2n) is 4.54. The molecule has 0 fully saturated rings. The van der Waals surface area contributed by atoms with Gasteiger partial charge in [0.15, 0.2) is 0 Å². The van der Waals surface area contributed by atoms with Gasteiger partial charge < -0.3 is 5.73 Å². The summed E-state index contributed by atoms with van der Waals surface area (Å²) in [6.45, 7) is 6.17. The van der Waals surface area contributed by atoms with Gasteiger partial charge >= 0.3 is 0 Å². The molecule has 0 aliphatic carbocycles. The summed E-state index contributed by atoms with van der Waals surface area (Å²) in [5.41, 5.74) is 11.8. The predicted octanol–water partition coefficient (Wildman–Crippen LogP) is 3.05. The summed E-state index contributed by atoms with van der Waals surface area (Å²) in [4.78, 5) is 4.49. The summed E-state index contributed by atoms with van der Waals surface area (Å²) in [5, 5.41) is 0. The molecule has 0 saturated carbocycles. The molecule has 0 amide bonds. The maximum atomic E-state index is 6.27. The van der Waals surface area contributed by atoms with E-state index in [9.17, 15) is 0 Å². The van der Waals surface area contributed by atoms with Crippen molar-refractivity contribution < 1.29 is 0 Å². The Morgan fingerprint density at radius 1 is 1.06 bits per heavy atom. The fraction of sp³-hybridized carbons (Fsp3) is 0.267. The van der Waals surface area contributed by atoms with Gasteiger partial charge in [-0.15, -0.1) is 0 Å². The average molecular weight is 226 g/mol. The van der Waals surface area contributed by atoms with Crippen molar-refractivity contribution in [3.8, 4) is 0 Å². The molecule has 88 valence electrons. The highest BCUT2D eigenvalue weighted by atomic mass is 14.8. The van der Waals surface area contributed by atoms with Crippen LogP contribution in [0.15, 0.2) is 36.4 Å². The van der Waals surface area contributed by atoms with Gasteiger partial charge in [0.2, 0.25) is 0 Å². The molecule has 2 heteroatoms. The lowest BCUT2D eigenvalue weighted by Crippen LogP contribution is -2.15. The largest absolute Gasteiger partial charge is 0.319 e. The summed E-state index contributed by atoms with van der Waals surface area (Å²) in [5.74, 6) is 0. The van der Waals surface area contributed by atoms with Crippen molar-refractivity contribution in [2.75, 3.05) is 0 Å². The van der Waals surface area contributed by atoms with E-state index in [1.165, 1.54) is 11.1 Å². The monoisotopic (exact) mass is 226 g/mol. The first-order valence-electron chi connectivity index (χ1n) is 5.84. The Balaban J connectivity index is 2.40. The number of aromatic nitrogens is 1. The van der Waals surface area contributed by atoms with Crippen LogP contribution in [0.4, 0.5) is 0 Å².